The van der Waals surface area contributed by atoms with Gasteiger partial charge in [-0.2, -0.15) is 5.10 Å². The van der Waals surface area contributed by atoms with Gasteiger partial charge in [0.05, 0.1) is 15.1 Å². The van der Waals surface area contributed by atoms with E-state index in [1.165, 1.54) is 22.1 Å². The Morgan fingerprint density at radius 2 is 2.23 bits per heavy atom. The van der Waals surface area contributed by atoms with E-state index in [1.54, 1.807) is 30.6 Å². The summed E-state index contributed by atoms with van der Waals surface area (Å²) in [7, 11) is -3.26. The van der Waals surface area contributed by atoms with Crippen LogP contribution in [0, 0.1) is 0 Å². The zero-order valence-electron chi connectivity index (χ0n) is 11.6. The molecule has 0 spiro atoms. The first kappa shape index (κ1) is 14.7. The molecular weight excluding hydrogens is 324 g/mol. The van der Waals surface area contributed by atoms with Crippen LogP contribution in [-0.4, -0.2) is 35.3 Å². The van der Waals surface area contributed by atoms with Crippen molar-refractivity contribution in [2.75, 3.05) is 11.6 Å². The van der Waals surface area contributed by atoms with Crippen molar-refractivity contribution in [3.05, 3.63) is 36.7 Å². The highest BCUT2D eigenvalue weighted by molar-refractivity contribution is 7.90. The van der Waals surface area contributed by atoms with Gasteiger partial charge in [0.25, 0.3) is 0 Å². The average Bonchev–Trinajstić information content (AvgIpc) is 3.04. The second-order valence-electron chi connectivity index (χ2n) is 4.67. The molecule has 0 bridgehead atoms. The number of benzene rings is 1. The summed E-state index contributed by atoms with van der Waals surface area (Å²) >= 11 is 1.23. The highest BCUT2D eigenvalue weighted by atomic mass is 32.2. The predicted molar refractivity (Wildman–Crippen MR) is 83.6 cm³/mol. The molecule has 0 fully saturated rings. The van der Waals surface area contributed by atoms with Crippen LogP contribution < -0.4 is 5.32 Å². The van der Waals surface area contributed by atoms with Gasteiger partial charge in [-0.25, -0.2) is 13.4 Å². The third-order valence-corrected chi connectivity index (χ3v) is 4.94. The molecule has 0 aliphatic rings. The SMILES string of the molecule is CS(=O)(=O)c1ccc2nc(NC(=O)Cn3cccn3)sc2c1. The zero-order chi connectivity index (χ0) is 15.7. The van der Waals surface area contributed by atoms with E-state index in [1.807, 2.05) is 0 Å². The van der Waals surface area contributed by atoms with Crippen LogP contribution in [0.15, 0.2) is 41.6 Å². The second kappa shape index (κ2) is 5.50. The van der Waals surface area contributed by atoms with Crippen LogP contribution >= 0.6 is 11.3 Å². The number of carbonyl (C=O) groups is 1. The molecule has 0 radical (unpaired) electrons. The van der Waals surface area contributed by atoms with Gasteiger partial charge >= 0.3 is 0 Å². The summed E-state index contributed by atoms with van der Waals surface area (Å²) < 4.78 is 25.3. The van der Waals surface area contributed by atoms with Gasteiger partial charge < -0.3 is 5.32 Å². The van der Waals surface area contributed by atoms with Gasteiger partial charge in [0.1, 0.15) is 6.54 Å². The molecule has 1 aromatic carbocycles. The summed E-state index contributed by atoms with van der Waals surface area (Å²) in [5, 5.41) is 7.07. The van der Waals surface area contributed by atoms with E-state index in [0.717, 1.165) is 6.26 Å². The van der Waals surface area contributed by atoms with Crippen molar-refractivity contribution in [3.8, 4) is 0 Å². The fourth-order valence-electron chi connectivity index (χ4n) is 1.89. The van der Waals surface area contributed by atoms with Gasteiger partial charge in [-0.05, 0) is 24.3 Å². The number of nitrogens with zero attached hydrogens (tertiary/aromatic N) is 3. The largest absolute Gasteiger partial charge is 0.300 e. The van der Waals surface area contributed by atoms with Crippen molar-refractivity contribution in [2.24, 2.45) is 0 Å². The van der Waals surface area contributed by atoms with Crippen LogP contribution in [0.4, 0.5) is 5.13 Å². The molecule has 7 nitrogen and oxygen atoms in total. The van der Waals surface area contributed by atoms with E-state index < -0.39 is 9.84 Å². The normalized spacial score (nSPS) is 11.7. The minimum Gasteiger partial charge on any atom is -0.300 e. The van der Waals surface area contributed by atoms with Gasteiger partial charge in [0, 0.05) is 18.6 Å². The molecule has 1 amide bonds. The molecule has 0 unspecified atom stereocenters. The minimum atomic E-state index is -3.26. The molecule has 114 valence electrons. The number of amides is 1. The molecule has 0 saturated heterocycles. The summed E-state index contributed by atoms with van der Waals surface area (Å²) in [5.74, 6) is -0.244. The highest BCUT2D eigenvalue weighted by Crippen LogP contribution is 2.28. The first-order valence-corrected chi connectivity index (χ1v) is 9.00. The molecule has 3 aromatic rings. The first-order valence-electron chi connectivity index (χ1n) is 6.30. The minimum absolute atomic E-state index is 0.0948. The number of aromatic nitrogens is 3. The monoisotopic (exact) mass is 336 g/mol. The van der Waals surface area contributed by atoms with Gasteiger partial charge in [0.2, 0.25) is 5.91 Å². The maximum Gasteiger partial charge on any atom is 0.247 e. The predicted octanol–water partition coefficient (Wildman–Crippen LogP) is 1.53. The van der Waals surface area contributed by atoms with E-state index in [-0.39, 0.29) is 17.3 Å². The maximum absolute atomic E-state index is 11.9. The fourth-order valence-corrected chi connectivity index (χ4v) is 3.53. The van der Waals surface area contributed by atoms with Crippen LogP contribution in [0.3, 0.4) is 0 Å². The molecule has 2 aromatic heterocycles. The number of hydrogen-bond donors (Lipinski definition) is 1. The Kier molecular flexibility index (Phi) is 3.67. The van der Waals surface area contributed by atoms with Crippen LogP contribution in [-0.2, 0) is 21.2 Å². The van der Waals surface area contributed by atoms with E-state index in [9.17, 15) is 13.2 Å². The van der Waals surface area contributed by atoms with Gasteiger partial charge in [-0.3, -0.25) is 9.48 Å². The molecule has 0 aliphatic carbocycles. The lowest BCUT2D eigenvalue weighted by atomic mass is 10.3. The van der Waals surface area contributed by atoms with Crippen LogP contribution in [0.25, 0.3) is 10.2 Å². The Morgan fingerprint density at radius 1 is 1.41 bits per heavy atom. The second-order valence-corrected chi connectivity index (χ2v) is 7.72. The molecular formula is C13H12N4O3S2. The van der Waals surface area contributed by atoms with E-state index >= 15 is 0 Å². The molecule has 0 saturated carbocycles. The van der Waals surface area contributed by atoms with Crippen molar-refractivity contribution in [1.29, 1.82) is 0 Å². The summed E-state index contributed by atoms with van der Waals surface area (Å²) in [6.45, 7) is 0.0948. The summed E-state index contributed by atoms with van der Waals surface area (Å²) in [4.78, 5) is 16.4. The highest BCUT2D eigenvalue weighted by Gasteiger charge is 2.12. The Hall–Kier alpha value is -2.26. The van der Waals surface area contributed by atoms with E-state index in [0.29, 0.717) is 15.3 Å². The maximum atomic E-state index is 11.9. The van der Waals surface area contributed by atoms with Crippen LogP contribution in [0.2, 0.25) is 0 Å². The third-order valence-electron chi connectivity index (χ3n) is 2.90. The quantitative estimate of drug-likeness (QED) is 0.780. The van der Waals surface area contributed by atoms with Crippen molar-refractivity contribution >= 4 is 42.4 Å². The van der Waals surface area contributed by atoms with E-state index in [4.69, 9.17) is 0 Å². The third kappa shape index (κ3) is 3.15. The molecule has 2 heterocycles. The number of anilines is 1. The van der Waals surface area contributed by atoms with Gasteiger partial charge in [-0.1, -0.05) is 11.3 Å². The number of nitrogens with one attached hydrogen (secondary N) is 1. The topological polar surface area (TPSA) is 94.0 Å². The van der Waals surface area contributed by atoms with Crippen LogP contribution in [0.5, 0.6) is 0 Å². The lowest BCUT2D eigenvalue weighted by Crippen LogP contribution is -2.18. The molecule has 0 atom stereocenters. The Balaban J connectivity index is 1.81. The standard InChI is InChI=1S/C13H12N4O3S2/c1-22(19,20)9-3-4-10-11(7-9)21-13(15-10)16-12(18)8-17-6-2-5-14-17/h2-7H,8H2,1H3,(H,15,16,18). The number of carbonyl (C=O) groups excluding carboxylic acids is 1. The van der Waals surface area contributed by atoms with Gasteiger partial charge in [0.15, 0.2) is 15.0 Å². The number of thiazole rings is 1. The summed E-state index contributed by atoms with van der Waals surface area (Å²) in [6.07, 6.45) is 4.44. The lowest BCUT2D eigenvalue weighted by Gasteiger charge is -2.00. The fraction of sp³-hybridized carbons (Fsp3) is 0.154. The molecule has 9 heteroatoms. The Bertz CT molecular complexity index is 930. The lowest BCUT2D eigenvalue weighted by molar-refractivity contribution is -0.116. The van der Waals surface area contributed by atoms with Crippen molar-refractivity contribution in [2.45, 2.75) is 11.4 Å². The summed E-state index contributed by atoms with van der Waals surface area (Å²) in [5.41, 5.74) is 0.645. The van der Waals surface area contributed by atoms with Crippen molar-refractivity contribution < 1.29 is 13.2 Å². The van der Waals surface area contributed by atoms with E-state index in [2.05, 4.69) is 15.4 Å². The molecule has 3 rings (SSSR count). The molecule has 0 aliphatic heterocycles. The smallest absolute Gasteiger partial charge is 0.247 e. The molecule has 22 heavy (non-hydrogen) atoms. The van der Waals surface area contributed by atoms with Gasteiger partial charge in [-0.15, -0.1) is 0 Å². The van der Waals surface area contributed by atoms with Crippen molar-refractivity contribution in [1.82, 2.24) is 14.8 Å². The Morgan fingerprint density at radius 3 is 2.91 bits per heavy atom. The first-order chi connectivity index (χ1) is 10.4. The number of rotatable bonds is 4. The average molecular weight is 336 g/mol. The number of fused-ring (bicyclic) bond motifs is 1. The summed E-state index contributed by atoms with van der Waals surface area (Å²) in [6, 6.07) is 6.43. The zero-order valence-corrected chi connectivity index (χ0v) is 13.2. The molecule has 1 N–H and O–H groups in total. The van der Waals surface area contributed by atoms with Crippen LogP contribution in [0.1, 0.15) is 0 Å². The number of hydrogen-bond acceptors (Lipinski definition) is 6. The number of sulfone groups is 1. The van der Waals surface area contributed by atoms with Crippen molar-refractivity contribution in [3.63, 3.8) is 0 Å². The Labute approximate surface area is 130 Å².